The Balaban J connectivity index is 1.98. The van der Waals surface area contributed by atoms with Gasteiger partial charge in [0, 0.05) is 17.1 Å². The molecule has 0 aliphatic rings. The van der Waals surface area contributed by atoms with Crippen molar-refractivity contribution in [3.8, 4) is 0 Å². The van der Waals surface area contributed by atoms with Gasteiger partial charge in [-0.1, -0.05) is 12.1 Å². The van der Waals surface area contributed by atoms with Crippen LogP contribution in [-0.4, -0.2) is 32.7 Å². The number of carbonyl (C=O) groups is 2. The monoisotopic (exact) mass is 352 g/mol. The first-order valence-corrected chi connectivity index (χ1v) is 8.18. The van der Waals surface area contributed by atoms with Crippen molar-refractivity contribution in [2.24, 2.45) is 0 Å². The number of ether oxygens (including phenoxy) is 1. The third-order valence-corrected chi connectivity index (χ3v) is 3.60. The van der Waals surface area contributed by atoms with E-state index in [1.54, 1.807) is 51.4 Å². The first-order chi connectivity index (χ1) is 12.2. The standard InChI is InChI=1S/C19H20N4O3/c1-11-8-15(22-18(25)26-19(2,3)4)16(20-9-11)17(24)12-6-5-7-14-13(12)10-21-23-14/h5-10H,1-4H3,(H,21,23)(H,22,25). The molecule has 0 fully saturated rings. The van der Waals surface area contributed by atoms with E-state index >= 15 is 0 Å². The maximum Gasteiger partial charge on any atom is 0.412 e. The molecule has 0 unspecified atom stereocenters. The van der Waals surface area contributed by atoms with Gasteiger partial charge in [-0.2, -0.15) is 5.10 Å². The maximum absolute atomic E-state index is 13.1. The van der Waals surface area contributed by atoms with Crippen molar-refractivity contribution in [1.82, 2.24) is 15.2 Å². The number of aromatic amines is 1. The predicted molar refractivity (Wildman–Crippen MR) is 98.4 cm³/mol. The number of nitrogens with zero attached hydrogens (tertiary/aromatic N) is 2. The molecule has 3 rings (SSSR count). The minimum Gasteiger partial charge on any atom is -0.444 e. The number of H-pyrrole nitrogens is 1. The largest absolute Gasteiger partial charge is 0.444 e. The Morgan fingerprint density at radius 2 is 1.96 bits per heavy atom. The lowest BCUT2D eigenvalue weighted by atomic mass is 10.0. The maximum atomic E-state index is 13.1. The van der Waals surface area contributed by atoms with Crippen molar-refractivity contribution in [3.63, 3.8) is 0 Å². The second-order valence-electron chi connectivity index (χ2n) is 7.00. The second-order valence-corrected chi connectivity index (χ2v) is 7.00. The van der Waals surface area contributed by atoms with Crippen LogP contribution >= 0.6 is 0 Å². The molecule has 0 saturated carbocycles. The number of benzene rings is 1. The molecule has 26 heavy (non-hydrogen) atoms. The average Bonchev–Trinajstić information content (AvgIpc) is 3.01. The highest BCUT2D eigenvalue weighted by Gasteiger charge is 2.22. The van der Waals surface area contributed by atoms with Gasteiger partial charge >= 0.3 is 6.09 Å². The van der Waals surface area contributed by atoms with E-state index in [0.717, 1.165) is 11.1 Å². The van der Waals surface area contributed by atoms with Gasteiger partial charge in [-0.15, -0.1) is 0 Å². The van der Waals surface area contributed by atoms with Crippen LogP contribution in [0, 0.1) is 6.92 Å². The third-order valence-electron chi connectivity index (χ3n) is 3.60. The molecule has 0 aliphatic carbocycles. The molecule has 0 atom stereocenters. The number of amides is 1. The molecule has 0 bridgehead atoms. The molecule has 2 heterocycles. The van der Waals surface area contributed by atoms with Crippen molar-refractivity contribution in [2.45, 2.75) is 33.3 Å². The number of hydrogen-bond acceptors (Lipinski definition) is 5. The van der Waals surface area contributed by atoms with Gasteiger partial charge in [0.1, 0.15) is 11.3 Å². The SMILES string of the molecule is Cc1cnc(C(=O)c2cccc3[nH]ncc23)c(NC(=O)OC(C)(C)C)c1. The molecule has 1 aromatic carbocycles. The molecule has 0 spiro atoms. The Morgan fingerprint density at radius 3 is 2.69 bits per heavy atom. The van der Waals surface area contributed by atoms with Crippen molar-refractivity contribution < 1.29 is 14.3 Å². The highest BCUT2D eigenvalue weighted by molar-refractivity contribution is 6.17. The van der Waals surface area contributed by atoms with Gasteiger partial charge < -0.3 is 4.74 Å². The van der Waals surface area contributed by atoms with Crippen LogP contribution in [0.5, 0.6) is 0 Å². The number of fused-ring (bicyclic) bond motifs is 1. The average molecular weight is 352 g/mol. The van der Waals surface area contributed by atoms with Gasteiger partial charge in [-0.25, -0.2) is 4.79 Å². The summed E-state index contributed by atoms with van der Waals surface area (Å²) in [6, 6.07) is 7.00. The fraction of sp³-hybridized carbons (Fsp3) is 0.263. The van der Waals surface area contributed by atoms with Crippen LogP contribution in [0.4, 0.5) is 10.5 Å². The Labute approximate surface area is 150 Å². The highest BCUT2D eigenvalue weighted by atomic mass is 16.6. The van der Waals surface area contributed by atoms with Crippen molar-refractivity contribution in [1.29, 1.82) is 0 Å². The normalized spacial score (nSPS) is 11.4. The van der Waals surface area contributed by atoms with Gasteiger partial charge in [0.05, 0.1) is 17.4 Å². The zero-order valence-electron chi connectivity index (χ0n) is 15.1. The summed E-state index contributed by atoms with van der Waals surface area (Å²) in [5.41, 5.74) is 1.84. The van der Waals surface area contributed by atoms with Gasteiger partial charge in [-0.3, -0.25) is 20.2 Å². The smallest absolute Gasteiger partial charge is 0.412 e. The topological polar surface area (TPSA) is 97.0 Å². The summed E-state index contributed by atoms with van der Waals surface area (Å²) < 4.78 is 5.28. The van der Waals surface area contributed by atoms with E-state index in [1.165, 1.54) is 0 Å². The number of carbonyl (C=O) groups excluding carboxylic acids is 2. The van der Waals surface area contributed by atoms with Crippen LogP contribution in [0.3, 0.4) is 0 Å². The number of aromatic nitrogens is 3. The first kappa shape index (κ1) is 17.6. The molecule has 0 radical (unpaired) electrons. The van der Waals surface area contributed by atoms with Crippen molar-refractivity contribution in [2.75, 3.05) is 5.32 Å². The Bertz CT molecular complexity index is 986. The van der Waals surface area contributed by atoms with E-state index in [4.69, 9.17) is 4.74 Å². The third kappa shape index (κ3) is 3.72. The molecule has 2 N–H and O–H groups in total. The molecule has 1 amide bonds. The van der Waals surface area contributed by atoms with Crippen LogP contribution in [0.25, 0.3) is 10.9 Å². The number of anilines is 1. The van der Waals surface area contributed by atoms with Crippen LogP contribution in [-0.2, 0) is 4.74 Å². The minimum atomic E-state index is -0.645. The number of nitrogens with one attached hydrogen (secondary N) is 2. The Kier molecular flexibility index (Phi) is 4.46. The summed E-state index contributed by atoms with van der Waals surface area (Å²) in [4.78, 5) is 29.4. The quantitative estimate of drug-likeness (QED) is 0.698. The summed E-state index contributed by atoms with van der Waals surface area (Å²) in [6.45, 7) is 7.14. The number of pyridine rings is 1. The van der Waals surface area contributed by atoms with E-state index in [0.29, 0.717) is 16.6 Å². The molecule has 2 aromatic heterocycles. The zero-order chi connectivity index (χ0) is 18.9. The molecule has 7 heteroatoms. The van der Waals surface area contributed by atoms with Crippen LogP contribution < -0.4 is 5.32 Å². The summed E-state index contributed by atoms with van der Waals surface area (Å²) >= 11 is 0. The molecular formula is C19H20N4O3. The lowest BCUT2D eigenvalue weighted by Gasteiger charge is -2.20. The van der Waals surface area contributed by atoms with Gasteiger partial charge in [0.15, 0.2) is 0 Å². The summed E-state index contributed by atoms with van der Waals surface area (Å²) in [7, 11) is 0. The highest BCUT2D eigenvalue weighted by Crippen LogP contribution is 2.24. The fourth-order valence-corrected chi connectivity index (χ4v) is 2.55. The fourth-order valence-electron chi connectivity index (χ4n) is 2.55. The molecular weight excluding hydrogens is 332 g/mol. The van der Waals surface area contributed by atoms with E-state index in [9.17, 15) is 9.59 Å². The Hall–Kier alpha value is -3.22. The lowest BCUT2D eigenvalue weighted by Crippen LogP contribution is -2.28. The van der Waals surface area contributed by atoms with E-state index in [-0.39, 0.29) is 11.5 Å². The van der Waals surface area contributed by atoms with E-state index in [1.807, 2.05) is 13.0 Å². The number of ketones is 1. The van der Waals surface area contributed by atoms with Crippen LogP contribution in [0.15, 0.2) is 36.7 Å². The summed E-state index contributed by atoms with van der Waals surface area (Å²) in [6.07, 6.45) is 2.54. The molecule has 7 nitrogen and oxygen atoms in total. The number of hydrogen-bond donors (Lipinski definition) is 2. The van der Waals surface area contributed by atoms with Gasteiger partial charge in [-0.05, 0) is 45.4 Å². The van der Waals surface area contributed by atoms with E-state index in [2.05, 4.69) is 20.5 Å². The van der Waals surface area contributed by atoms with Crippen LogP contribution in [0.1, 0.15) is 42.4 Å². The molecule has 3 aromatic rings. The molecule has 134 valence electrons. The van der Waals surface area contributed by atoms with Gasteiger partial charge in [0.2, 0.25) is 5.78 Å². The van der Waals surface area contributed by atoms with Crippen LogP contribution in [0.2, 0.25) is 0 Å². The number of aryl methyl sites for hydroxylation is 1. The van der Waals surface area contributed by atoms with Crippen molar-refractivity contribution in [3.05, 3.63) is 53.5 Å². The molecule has 0 aliphatic heterocycles. The zero-order valence-corrected chi connectivity index (χ0v) is 15.1. The molecule has 0 saturated heterocycles. The first-order valence-electron chi connectivity index (χ1n) is 8.18. The van der Waals surface area contributed by atoms with E-state index < -0.39 is 11.7 Å². The summed E-state index contributed by atoms with van der Waals surface area (Å²) in [5.74, 6) is -0.303. The minimum absolute atomic E-state index is 0.148. The Morgan fingerprint density at radius 1 is 1.19 bits per heavy atom. The predicted octanol–water partition coefficient (Wildman–Crippen LogP) is 3.84. The lowest BCUT2D eigenvalue weighted by molar-refractivity contribution is 0.0636. The second kappa shape index (κ2) is 6.59. The number of rotatable bonds is 3. The van der Waals surface area contributed by atoms with Crippen molar-refractivity contribution >= 4 is 28.5 Å². The summed E-state index contributed by atoms with van der Waals surface area (Å²) in [5, 5.41) is 10.1. The van der Waals surface area contributed by atoms with Gasteiger partial charge in [0.25, 0.3) is 0 Å².